The Morgan fingerprint density at radius 2 is 2.11 bits per heavy atom. The average Bonchev–Trinajstić information content (AvgIpc) is 3.19. The fraction of sp³-hybridized carbons (Fsp3) is 0.385. The Morgan fingerprint density at radius 3 is 2.78 bits per heavy atom. The van der Waals surface area contributed by atoms with E-state index < -0.39 is 0 Å². The predicted molar refractivity (Wildman–Crippen MR) is 69.7 cm³/mol. The predicted octanol–water partition coefficient (Wildman–Crippen LogP) is 1.84. The van der Waals surface area contributed by atoms with Crippen molar-refractivity contribution in [1.82, 2.24) is 5.32 Å². The number of amides is 1. The Morgan fingerprint density at radius 1 is 1.39 bits per heavy atom. The van der Waals surface area contributed by atoms with Crippen molar-refractivity contribution in [3.8, 4) is 0 Å². The monoisotopic (exact) mass is 265 g/mol. The van der Waals surface area contributed by atoms with Gasteiger partial charge >= 0.3 is 5.97 Å². The Kier molecular flexibility index (Phi) is 4.25. The summed E-state index contributed by atoms with van der Waals surface area (Å²) in [6, 6.07) is 7.51. The van der Waals surface area contributed by atoms with E-state index in [2.05, 4.69) is 5.32 Å². The first-order chi connectivity index (χ1) is 8.70. The van der Waals surface area contributed by atoms with Crippen molar-refractivity contribution in [2.75, 3.05) is 12.9 Å². The van der Waals surface area contributed by atoms with Gasteiger partial charge in [-0.3, -0.25) is 4.79 Å². The number of hydrogen-bond donors (Lipinski definition) is 1. The van der Waals surface area contributed by atoms with Crippen molar-refractivity contribution in [3.63, 3.8) is 0 Å². The van der Waals surface area contributed by atoms with Crippen LogP contribution in [0.1, 0.15) is 23.2 Å². The van der Waals surface area contributed by atoms with Crippen molar-refractivity contribution in [2.24, 2.45) is 0 Å². The van der Waals surface area contributed by atoms with E-state index >= 15 is 0 Å². The van der Waals surface area contributed by atoms with Crippen LogP contribution in [0.25, 0.3) is 0 Å². The zero-order valence-corrected chi connectivity index (χ0v) is 11.0. The number of rotatable bonds is 5. The number of thioether (sulfide) groups is 1. The highest BCUT2D eigenvalue weighted by molar-refractivity contribution is 8.00. The van der Waals surface area contributed by atoms with E-state index in [1.54, 1.807) is 12.1 Å². The van der Waals surface area contributed by atoms with Gasteiger partial charge in [0, 0.05) is 10.9 Å². The lowest BCUT2D eigenvalue weighted by atomic mass is 10.2. The number of carbonyl (C=O) groups is 2. The molecule has 0 aliphatic heterocycles. The molecule has 0 spiro atoms. The molecule has 0 heterocycles. The van der Waals surface area contributed by atoms with E-state index in [1.807, 2.05) is 12.1 Å². The van der Waals surface area contributed by atoms with Crippen LogP contribution in [-0.4, -0.2) is 30.8 Å². The molecule has 0 bridgehead atoms. The van der Waals surface area contributed by atoms with Gasteiger partial charge < -0.3 is 10.1 Å². The SMILES string of the molecule is COC(=O)c1ccccc1SCC(=O)NC1CC1. The number of carbonyl (C=O) groups excluding carboxylic acids is 2. The van der Waals surface area contributed by atoms with Gasteiger partial charge in [0.25, 0.3) is 0 Å². The highest BCUT2D eigenvalue weighted by Gasteiger charge is 2.23. The van der Waals surface area contributed by atoms with Gasteiger partial charge in [-0.25, -0.2) is 4.79 Å². The molecule has 1 fully saturated rings. The number of benzene rings is 1. The molecule has 1 N–H and O–H groups in total. The van der Waals surface area contributed by atoms with Crippen LogP contribution in [0.3, 0.4) is 0 Å². The zero-order chi connectivity index (χ0) is 13.0. The van der Waals surface area contributed by atoms with Crippen molar-refractivity contribution in [1.29, 1.82) is 0 Å². The summed E-state index contributed by atoms with van der Waals surface area (Å²) < 4.78 is 4.71. The van der Waals surface area contributed by atoms with Crippen molar-refractivity contribution in [2.45, 2.75) is 23.8 Å². The summed E-state index contributed by atoms with van der Waals surface area (Å²) in [4.78, 5) is 23.9. The van der Waals surface area contributed by atoms with E-state index in [4.69, 9.17) is 4.74 Å². The van der Waals surface area contributed by atoms with Gasteiger partial charge in [0.1, 0.15) is 0 Å². The Hall–Kier alpha value is -1.49. The standard InChI is InChI=1S/C13H15NO3S/c1-17-13(16)10-4-2-3-5-11(10)18-8-12(15)14-9-6-7-9/h2-5,9H,6-8H2,1H3,(H,14,15). The molecule has 1 saturated carbocycles. The highest BCUT2D eigenvalue weighted by atomic mass is 32.2. The maximum absolute atomic E-state index is 11.6. The molecule has 0 atom stereocenters. The minimum absolute atomic E-state index is 0.0159. The summed E-state index contributed by atoms with van der Waals surface area (Å²) in [6.45, 7) is 0. The maximum Gasteiger partial charge on any atom is 0.338 e. The number of esters is 1. The lowest BCUT2D eigenvalue weighted by Crippen LogP contribution is -2.27. The highest BCUT2D eigenvalue weighted by Crippen LogP contribution is 2.24. The van der Waals surface area contributed by atoms with E-state index in [0.29, 0.717) is 17.4 Å². The second kappa shape index (κ2) is 5.91. The lowest BCUT2D eigenvalue weighted by molar-refractivity contribution is -0.118. The van der Waals surface area contributed by atoms with Crippen LogP contribution >= 0.6 is 11.8 Å². The molecule has 96 valence electrons. The van der Waals surface area contributed by atoms with E-state index in [0.717, 1.165) is 17.7 Å². The number of hydrogen-bond acceptors (Lipinski definition) is 4. The third-order valence-electron chi connectivity index (χ3n) is 2.59. The normalized spacial score (nSPS) is 14.1. The van der Waals surface area contributed by atoms with Crippen molar-refractivity contribution in [3.05, 3.63) is 29.8 Å². The van der Waals surface area contributed by atoms with Crippen molar-refractivity contribution >= 4 is 23.6 Å². The molecule has 1 aliphatic carbocycles. The van der Waals surface area contributed by atoms with Gasteiger partial charge in [-0.15, -0.1) is 11.8 Å². The topological polar surface area (TPSA) is 55.4 Å². The Labute approximate surface area is 110 Å². The molecular formula is C13H15NO3S. The summed E-state index contributed by atoms with van der Waals surface area (Å²) in [5, 5.41) is 2.91. The minimum atomic E-state index is -0.374. The summed E-state index contributed by atoms with van der Waals surface area (Å²) in [7, 11) is 1.35. The summed E-state index contributed by atoms with van der Waals surface area (Å²) in [5.41, 5.74) is 0.504. The fourth-order valence-corrected chi connectivity index (χ4v) is 2.36. The van der Waals surface area contributed by atoms with Crippen LogP contribution in [0, 0.1) is 0 Å². The smallest absolute Gasteiger partial charge is 0.338 e. The third-order valence-corrected chi connectivity index (χ3v) is 3.67. The summed E-state index contributed by atoms with van der Waals surface area (Å²) in [5.74, 6) is -0.0345. The van der Waals surface area contributed by atoms with Gasteiger partial charge in [-0.05, 0) is 25.0 Å². The van der Waals surface area contributed by atoms with Crippen LogP contribution in [0.15, 0.2) is 29.2 Å². The largest absolute Gasteiger partial charge is 0.465 e. The first-order valence-corrected chi connectivity index (χ1v) is 6.79. The van der Waals surface area contributed by atoms with Gasteiger partial charge in [-0.2, -0.15) is 0 Å². The molecule has 1 amide bonds. The van der Waals surface area contributed by atoms with Crippen LogP contribution in [-0.2, 0) is 9.53 Å². The zero-order valence-electron chi connectivity index (χ0n) is 10.1. The number of ether oxygens (including phenoxy) is 1. The van der Waals surface area contributed by atoms with E-state index in [9.17, 15) is 9.59 Å². The molecular weight excluding hydrogens is 250 g/mol. The third kappa shape index (κ3) is 3.50. The molecule has 1 aromatic rings. The summed E-state index contributed by atoms with van der Waals surface area (Å²) >= 11 is 1.36. The van der Waals surface area contributed by atoms with Crippen molar-refractivity contribution < 1.29 is 14.3 Å². The van der Waals surface area contributed by atoms with E-state index in [-0.39, 0.29) is 11.9 Å². The number of nitrogens with one attached hydrogen (secondary N) is 1. The van der Waals surface area contributed by atoms with Crippen LogP contribution < -0.4 is 5.32 Å². The van der Waals surface area contributed by atoms with Crippen LogP contribution in [0.4, 0.5) is 0 Å². The van der Waals surface area contributed by atoms with Crippen LogP contribution in [0.2, 0.25) is 0 Å². The van der Waals surface area contributed by atoms with Gasteiger partial charge in [-0.1, -0.05) is 12.1 Å². The Bertz CT molecular complexity index is 457. The minimum Gasteiger partial charge on any atom is -0.465 e. The fourth-order valence-electron chi connectivity index (χ4n) is 1.51. The quantitative estimate of drug-likeness (QED) is 0.652. The molecule has 1 aliphatic rings. The maximum atomic E-state index is 11.6. The van der Waals surface area contributed by atoms with Gasteiger partial charge in [0.05, 0.1) is 18.4 Å². The molecule has 2 rings (SSSR count). The molecule has 1 aromatic carbocycles. The molecule has 4 nitrogen and oxygen atoms in total. The average molecular weight is 265 g/mol. The lowest BCUT2D eigenvalue weighted by Gasteiger charge is -2.07. The van der Waals surface area contributed by atoms with E-state index in [1.165, 1.54) is 18.9 Å². The molecule has 0 saturated heterocycles. The molecule has 0 unspecified atom stereocenters. The second-order valence-corrected chi connectivity index (χ2v) is 5.14. The molecule has 0 radical (unpaired) electrons. The first kappa shape index (κ1) is 13.0. The van der Waals surface area contributed by atoms with Crippen LogP contribution in [0.5, 0.6) is 0 Å². The molecule has 5 heteroatoms. The first-order valence-electron chi connectivity index (χ1n) is 5.80. The second-order valence-electron chi connectivity index (χ2n) is 4.12. The molecule has 18 heavy (non-hydrogen) atoms. The number of methoxy groups -OCH3 is 1. The Balaban J connectivity index is 1.95. The van der Waals surface area contributed by atoms with Gasteiger partial charge in [0.2, 0.25) is 5.91 Å². The van der Waals surface area contributed by atoms with Gasteiger partial charge in [0.15, 0.2) is 0 Å². The molecule has 0 aromatic heterocycles. The summed E-state index contributed by atoms with van der Waals surface area (Å²) in [6.07, 6.45) is 2.16.